The fraction of sp³-hybridized carbons (Fsp3) is 0.500. The van der Waals surface area contributed by atoms with Gasteiger partial charge in [-0.3, -0.25) is 4.90 Å². The number of fused-ring (bicyclic) bond motifs is 1. The maximum absolute atomic E-state index is 12.5. The highest BCUT2D eigenvalue weighted by Crippen LogP contribution is 2.39. The van der Waals surface area contributed by atoms with E-state index in [0.29, 0.717) is 5.92 Å². The number of benzene rings is 1. The molecule has 0 aromatic heterocycles. The number of aliphatic hydroxyl groups excluding tert-OH is 1. The monoisotopic (exact) mass is 302 g/mol. The molecule has 1 aromatic rings. The second-order valence-corrected chi connectivity index (χ2v) is 5.81. The Morgan fingerprint density at radius 3 is 3.00 bits per heavy atom. The van der Waals surface area contributed by atoms with E-state index < -0.39 is 0 Å². The van der Waals surface area contributed by atoms with Crippen LogP contribution in [-0.4, -0.2) is 30.8 Å². The van der Waals surface area contributed by atoms with E-state index in [0.717, 1.165) is 43.6 Å². The molecule has 4 heteroatoms. The van der Waals surface area contributed by atoms with Crippen molar-refractivity contribution in [3.8, 4) is 0 Å². The van der Waals surface area contributed by atoms with Gasteiger partial charge in [0.15, 0.2) is 0 Å². The number of nitrogens with one attached hydrogen (secondary N) is 1. The Labute approximate surface area is 132 Å². The maximum atomic E-state index is 12.5. The third kappa shape index (κ3) is 3.69. The lowest BCUT2D eigenvalue weighted by Crippen LogP contribution is -2.40. The average Bonchev–Trinajstić information content (AvgIpc) is 2.86. The van der Waals surface area contributed by atoms with E-state index in [1.165, 1.54) is 5.56 Å². The van der Waals surface area contributed by atoms with Crippen molar-refractivity contribution in [2.45, 2.75) is 39.0 Å². The standard InChI is InChI=1S/C18H26N2O2/c1-3-4-11-19-18(22)20-13-14(2)16-10-7-9-15(17(16)20)8-5-6-12-21/h5-7,9-10,14,21H,3-4,8,11-13H2,1-2H3,(H,19,22)/b6-5-. The third-order valence-corrected chi connectivity index (χ3v) is 4.07. The summed E-state index contributed by atoms with van der Waals surface area (Å²) in [5.74, 6) is 0.355. The zero-order valence-corrected chi connectivity index (χ0v) is 13.5. The molecule has 4 nitrogen and oxygen atoms in total. The van der Waals surface area contributed by atoms with Gasteiger partial charge in [0.1, 0.15) is 0 Å². The Hall–Kier alpha value is -1.81. The summed E-state index contributed by atoms with van der Waals surface area (Å²) in [7, 11) is 0. The predicted octanol–water partition coefficient (Wildman–Crippen LogP) is 3.21. The number of carbonyl (C=O) groups is 1. The van der Waals surface area contributed by atoms with E-state index in [-0.39, 0.29) is 12.6 Å². The number of aliphatic hydroxyl groups is 1. The first kappa shape index (κ1) is 16.6. The number of carbonyl (C=O) groups excluding carboxylic acids is 1. The van der Waals surface area contributed by atoms with Gasteiger partial charge in [0.05, 0.1) is 12.3 Å². The molecule has 2 rings (SSSR count). The van der Waals surface area contributed by atoms with Crippen molar-refractivity contribution >= 4 is 11.7 Å². The van der Waals surface area contributed by atoms with Crippen LogP contribution in [-0.2, 0) is 6.42 Å². The van der Waals surface area contributed by atoms with Crippen molar-refractivity contribution in [3.05, 3.63) is 41.5 Å². The predicted molar refractivity (Wildman–Crippen MR) is 90.4 cm³/mol. The van der Waals surface area contributed by atoms with Gasteiger partial charge < -0.3 is 10.4 Å². The van der Waals surface area contributed by atoms with E-state index in [9.17, 15) is 4.79 Å². The lowest BCUT2D eigenvalue weighted by molar-refractivity contribution is 0.246. The normalized spacial score (nSPS) is 17.0. The zero-order chi connectivity index (χ0) is 15.9. The summed E-state index contributed by atoms with van der Waals surface area (Å²) in [6, 6.07) is 6.22. The van der Waals surface area contributed by atoms with Crippen molar-refractivity contribution in [1.82, 2.24) is 5.32 Å². The topological polar surface area (TPSA) is 52.6 Å². The van der Waals surface area contributed by atoms with E-state index in [4.69, 9.17) is 5.11 Å². The smallest absolute Gasteiger partial charge is 0.321 e. The number of unbranched alkanes of at least 4 members (excludes halogenated alkanes) is 1. The number of hydrogen-bond donors (Lipinski definition) is 2. The van der Waals surface area contributed by atoms with E-state index in [1.807, 2.05) is 11.0 Å². The first-order chi connectivity index (χ1) is 10.7. The minimum atomic E-state index is -0.00219. The number of nitrogens with zero attached hydrogens (tertiary/aromatic N) is 1. The third-order valence-electron chi connectivity index (χ3n) is 4.07. The molecule has 0 radical (unpaired) electrons. The van der Waals surface area contributed by atoms with E-state index >= 15 is 0 Å². The summed E-state index contributed by atoms with van der Waals surface area (Å²) in [5.41, 5.74) is 3.42. The fourth-order valence-electron chi connectivity index (χ4n) is 2.90. The van der Waals surface area contributed by atoms with Crippen LogP contribution in [0, 0.1) is 0 Å². The molecule has 2 amide bonds. The van der Waals surface area contributed by atoms with Crippen LogP contribution < -0.4 is 10.2 Å². The molecule has 0 saturated carbocycles. The summed E-state index contributed by atoms with van der Waals surface area (Å²) in [6.45, 7) is 5.78. The Bertz CT molecular complexity index is 540. The van der Waals surface area contributed by atoms with Crippen LogP contribution >= 0.6 is 0 Å². The molecule has 1 aliphatic heterocycles. The molecule has 0 fully saturated rings. The van der Waals surface area contributed by atoms with Crippen molar-refractivity contribution in [2.75, 3.05) is 24.6 Å². The lowest BCUT2D eigenvalue weighted by atomic mass is 9.99. The molecule has 0 saturated heterocycles. The summed E-state index contributed by atoms with van der Waals surface area (Å²) in [4.78, 5) is 14.3. The van der Waals surface area contributed by atoms with Gasteiger partial charge in [-0.25, -0.2) is 4.79 Å². The first-order valence-electron chi connectivity index (χ1n) is 8.12. The Morgan fingerprint density at radius 2 is 2.27 bits per heavy atom. The van der Waals surface area contributed by atoms with Gasteiger partial charge in [-0.15, -0.1) is 0 Å². The number of allylic oxidation sites excluding steroid dienone is 1. The van der Waals surface area contributed by atoms with E-state index in [1.54, 1.807) is 6.08 Å². The highest BCUT2D eigenvalue weighted by atomic mass is 16.2. The highest BCUT2D eigenvalue weighted by Gasteiger charge is 2.31. The highest BCUT2D eigenvalue weighted by molar-refractivity contribution is 5.95. The minimum Gasteiger partial charge on any atom is -0.392 e. The second-order valence-electron chi connectivity index (χ2n) is 5.81. The quantitative estimate of drug-likeness (QED) is 0.626. The summed E-state index contributed by atoms with van der Waals surface area (Å²) >= 11 is 0. The molecule has 1 aromatic carbocycles. The first-order valence-corrected chi connectivity index (χ1v) is 8.12. The van der Waals surface area contributed by atoms with Gasteiger partial charge in [0, 0.05) is 19.0 Å². The molecule has 2 N–H and O–H groups in total. The van der Waals surface area contributed by atoms with Gasteiger partial charge in [0.2, 0.25) is 0 Å². The molecular formula is C18H26N2O2. The maximum Gasteiger partial charge on any atom is 0.321 e. The van der Waals surface area contributed by atoms with Gasteiger partial charge in [-0.05, 0) is 24.0 Å². The van der Waals surface area contributed by atoms with Gasteiger partial charge in [-0.1, -0.05) is 50.6 Å². The van der Waals surface area contributed by atoms with Crippen molar-refractivity contribution in [2.24, 2.45) is 0 Å². The molecular weight excluding hydrogens is 276 g/mol. The van der Waals surface area contributed by atoms with Crippen LogP contribution in [0.1, 0.15) is 43.7 Å². The number of para-hydroxylation sites is 1. The van der Waals surface area contributed by atoms with Crippen LogP contribution in [0.5, 0.6) is 0 Å². The van der Waals surface area contributed by atoms with Gasteiger partial charge in [-0.2, -0.15) is 0 Å². The molecule has 22 heavy (non-hydrogen) atoms. The molecule has 1 aliphatic rings. The van der Waals surface area contributed by atoms with Gasteiger partial charge >= 0.3 is 6.03 Å². The molecule has 0 bridgehead atoms. The average molecular weight is 302 g/mol. The van der Waals surface area contributed by atoms with Crippen molar-refractivity contribution < 1.29 is 9.90 Å². The Morgan fingerprint density at radius 1 is 1.45 bits per heavy atom. The van der Waals surface area contributed by atoms with Crippen LogP contribution in [0.4, 0.5) is 10.5 Å². The minimum absolute atomic E-state index is 0.00219. The van der Waals surface area contributed by atoms with Crippen LogP contribution in [0.25, 0.3) is 0 Å². The number of amides is 2. The SMILES string of the molecule is CCCCNC(=O)N1CC(C)c2cccc(C/C=C\CO)c21. The Kier molecular flexibility index (Phi) is 6.01. The number of anilines is 1. The van der Waals surface area contributed by atoms with Crippen molar-refractivity contribution in [1.29, 1.82) is 0 Å². The summed E-state index contributed by atoms with van der Waals surface area (Å²) < 4.78 is 0. The molecule has 0 spiro atoms. The lowest BCUT2D eigenvalue weighted by Gasteiger charge is -2.20. The van der Waals surface area contributed by atoms with Crippen LogP contribution in [0.2, 0.25) is 0 Å². The molecule has 120 valence electrons. The largest absolute Gasteiger partial charge is 0.392 e. The summed E-state index contributed by atoms with van der Waals surface area (Å²) in [6.07, 6.45) is 6.50. The van der Waals surface area contributed by atoms with Crippen LogP contribution in [0.15, 0.2) is 30.4 Å². The number of hydrogen-bond acceptors (Lipinski definition) is 2. The molecule has 1 unspecified atom stereocenters. The molecule has 1 atom stereocenters. The van der Waals surface area contributed by atoms with Crippen LogP contribution in [0.3, 0.4) is 0 Å². The molecule has 0 aliphatic carbocycles. The fourth-order valence-corrected chi connectivity index (χ4v) is 2.90. The molecule has 1 heterocycles. The Balaban J connectivity index is 2.20. The van der Waals surface area contributed by atoms with Gasteiger partial charge in [0.25, 0.3) is 0 Å². The summed E-state index contributed by atoms with van der Waals surface area (Å²) in [5, 5.41) is 11.9. The second kappa shape index (κ2) is 7.99. The number of rotatable bonds is 6. The number of urea groups is 1. The van der Waals surface area contributed by atoms with Crippen molar-refractivity contribution in [3.63, 3.8) is 0 Å². The van der Waals surface area contributed by atoms with E-state index in [2.05, 4.69) is 37.4 Å². The zero-order valence-electron chi connectivity index (χ0n) is 13.5.